The monoisotopic (exact) mass is 279 g/mol. The number of rotatable bonds is 7. The smallest absolute Gasteiger partial charge is 0.295 e. The molecule has 0 aliphatic carbocycles. The Morgan fingerprint density at radius 2 is 2.35 bits per heavy atom. The molecule has 0 aliphatic rings. The Hall–Kier alpha value is -2.15. The number of nitro benzene ring substituents is 1. The van der Waals surface area contributed by atoms with Gasteiger partial charge >= 0.3 is 0 Å². The topological polar surface area (TPSA) is 90.4 Å². The number of fused-ring (bicyclic) bond motifs is 1. The molecule has 108 valence electrons. The van der Waals surface area contributed by atoms with Gasteiger partial charge < -0.3 is 14.5 Å². The second-order valence-corrected chi connectivity index (χ2v) is 4.51. The largest absolute Gasteiger partial charge is 0.424 e. The van der Waals surface area contributed by atoms with Crippen molar-refractivity contribution in [2.24, 2.45) is 0 Å². The average molecular weight is 279 g/mol. The molecule has 2 aromatic rings. The summed E-state index contributed by atoms with van der Waals surface area (Å²) in [5.41, 5.74) is 0.986. The maximum absolute atomic E-state index is 10.7. The number of methoxy groups -OCH3 is 1. The fraction of sp³-hybridized carbons (Fsp3) is 0.462. The highest BCUT2D eigenvalue weighted by atomic mass is 16.6. The first kappa shape index (κ1) is 14.3. The molecule has 1 atom stereocenters. The van der Waals surface area contributed by atoms with Gasteiger partial charge in [-0.25, -0.2) is 0 Å². The molecule has 0 spiro atoms. The van der Waals surface area contributed by atoms with Gasteiger partial charge in [0.25, 0.3) is 11.7 Å². The van der Waals surface area contributed by atoms with Crippen molar-refractivity contribution in [1.29, 1.82) is 0 Å². The van der Waals surface area contributed by atoms with Gasteiger partial charge in [-0.1, -0.05) is 13.3 Å². The normalized spacial score (nSPS) is 12.5. The van der Waals surface area contributed by atoms with Crippen LogP contribution in [0, 0.1) is 10.1 Å². The van der Waals surface area contributed by atoms with Gasteiger partial charge in [-0.15, -0.1) is 0 Å². The second-order valence-electron chi connectivity index (χ2n) is 4.51. The summed E-state index contributed by atoms with van der Waals surface area (Å²) in [5.74, 6) is 0. The van der Waals surface area contributed by atoms with Gasteiger partial charge in [0.1, 0.15) is 5.52 Å². The molecule has 2 rings (SSSR count). The van der Waals surface area contributed by atoms with Crippen molar-refractivity contribution in [3.63, 3.8) is 0 Å². The fourth-order valence-corrected chi connectivity index (χ4v) is 2.01. The van der Waals surface area contributed by atoms with Crippen molar-refractivity contribution in [3.05, 3.63) is 28.3 Å². The Kier molecular flexibility index (Phi) is 4.52. The molecule has 0 amide bonds. The van der Waals surface area contributed by atoms with E-state index < -0.39 is 4.92 Å². The van der Waals surface area contributed by atoms with Gasteiger partial charge in [0.15, 0.2) is 5.58 Å². The van der Waals surface area contributed by atoms with Gasteiger partial charge in [-0.3, -0.25) is 10.1 Å². The summed E-state index contributed by atoms with van der Waals surface area (Å²) in [6.45, 7) is 2.63. The van der Waals surface area contributed by atoms with Crippen molar-refractivity contribution in [1.82, 2.24) is 4.98 Å². The third-order valence-corrected chi connectivity index (χ3v) is 2.91. The van der Waals surface area contributed by atoms with Crippen LogP contribution in [0.5, 0.6) is 0 Å². The third kappa shape index (κ3) is 3.24. The molecule has 1 aromatic carbocycles. The second kappa shape index (κ2) is 6.33. The van der Waals surface area contributed by atoms with E-state index in [1.165, 1.54) is 12.1 Å². The lowest BCUT2D eigenvalue weighted by Crippen LogP contribution is -2.24. The average Bonchev–Trinajstić information content (AvgIpc) is 2.80. The van der Waals surface area contributed by atoms with Crippen LogP contribution in [0.3, 0.4) is 0 Å². The van der Waals surface area contributed by atoms with Crippen LogP contribution >= 0.6 is 0 Å². The van der Waals surface area contributed by atoms with Gasteiger partial charge in [0.2, 0.25) is 0 Å². The zero-order chi connectivity index (χ0) is 14.5. The molecular weight excluding hydrogens is 262 g/mol. The minimum absolute atomic E-state index is 0.000602. The Morgan fingerprint density at radius 3 is 3.00 bits per heavy atom. The summed E-state index contributed by atoms with van der Waals surface area (Å²) in [6.07, 6.45) is 1.93. The van der Waals surface area contributed by atoms with E-state index >= 15 is 0 Å². The van der Waals surface area contributed by atoms with Crippen molar-refractivity contribution in [2.45, 2.75) is 25.8 Å². The zero-order valence-electron chi connectivity index (χ0n) is 11.5. The first-order chi connectivity index (χ1) is 9.63. The predicted molar refractivity (Wildman–Crippen MR) is 74.9 cm³/mol. The van der Waals surface area contributed by atoms with Gasteiger partial charge in [-0.05, 0) is 12.5 Å². The minimum Gasteiger partial charge on any atom is -0.424 e. The van der Waals surface area contributed by atoms with Crippen molar-refractivity contribution in [2.75, 3.05) is 19.0 Å². The molecule has 0 saturated heterocycles. The Bertz CT molecular complexity index is 590. The number of oxazole rings is 1. The van der Waals surface area contributed by atoms with E-state index in [2.05, 4.69) is 17.2 Å². The summed E-state index contributed by atoms with van der Waals surface area (Å²) in [7, 11) is 1.64. The molecule has 0 aliphatic heterocycles. The lowest BCUT2D eigenvalue weighted by molar-refractivity contribution is -0.384. The molecule has 1 aromatic heterocycles. The van der Waals surface area contributed by atoms with Crippen LogP contribution in [0.4, 0.5) is 11.7 Å². The van der Waals surface area contributed by atoms with Crippen LogP contribution in [-0.2, 0) is 4.74 Å². The van der Waals surface area contributed by atoms with E-state index in [1.807, 2.05) is 0 Å². The van der Waals surface area contributed by atoms with E-state index in [1.54, 1.807) is 13.2 Å². The van der Waals surface area contributed by atoms with Crippen molar-refractivity contribution >= 4 is 22.8 Å². The molecule has 0 bridgehead atoms. The number of non-ortho nitro benzene ring substituents is 1. The number of aromatic nitrogens is 1. The number of ether oxygens (including phenoxy) is 1. The number of nitrogens with zero attached hydrogens (tertiary/aromatic N) is 2. The number of anilines is 1. The molecule has 0 saturated carbocycles. The maximum atomic E-state index is 10.7. The highest BCUT2D eigenvalue weighted by Gasteiger charge is 2.14. The summed E-state index contributed by atoms with van der Waals surface area (Å²) in [4.78, 5) is 14.5. The van der Waals surface area contributed by atoms with Crippen molar-refractivity contribution in [3.8, 4) is 0 Å². The summed E-state index contributed by atoms with van der Waals surface area (Å²) in [6, 6.07) is 4.81. The van der Waals surface area contributed by atoms with Crippen LogP contribution in [0.1, 0.15) is 19.8 Å². The first-order valence-electron chi connectivity index (χ1n) is 6.44. The van der Waals surface area contributed by atoms with Crippen LogP contribution in [0.25, 0.3) is 11.1 Å². The maximum Gasteiger partial charge on any atom is 0.295 e. The first-order valence-corrected chi connectivity index (χ1v) is 6.44. The Labute approximate surface area is 116 Å². The van der Waals surface area contributed by atoms with E-state index in [0.29, 0.717) is 23.7 Å². The number of hydrogen-bond acceptors (Lipinski definition) is 6. The van der Waals surface area contributed by atoms with Crippen LogP contribution in [0.2, 0.25) is 0 Å². The standard InChI is InChI=1S/C13H17N3O4/c1-3-4-9(8-19-2)14-13-15-11-7-10(16(17)18)5-6-12(11)20-13/h5-7,9H,3-4,8H2,1-2H3,(H,14,15). The SMILES string of the molecule is CCCC(COC)Nc1nc2cc([N+](=O)[O-])ccc2o1. The van der Waals surface area contributed by atoms with E-state index in [9.17, 15) is 10.1 Å². The molecule has 7 nitrogen and oxygen atoms in total. The third-order valence-electron chi connectivity index (χ3n) is 2.91. The molecule has 0 fully saturated rings. The van der Waals surface area contributed by atoms with Gasteiger partial charge in [-0.2, -0.15) is 4.98 Å². The molecule has 1 unspecified atom stereocenters. The van der Waals surface area contributed by atoms with Crippen LogP contribution in [-0.4, -0.2) is 29.7 Å². The van der Waals surface area contributed by atoms with Crippen LogP contribution < -0.4 is 5.32 Å². The van der Waals surface area contributed by atoms with Crippen LogP contribution in [0.15, 0.2) is 22.6 Å². The van der Waals surface area contributed by atoms with Crippen molar-refractivity contribution < 1.29 is 14.1 Å². The fourth-order valence-electron chi connectivity index (χ4n) is 2.01. The number of hydrogen-bond donors (Lipinski definition) is 1. The van der Waals surface area contributed by atoms with Gasteiger partial charge in [0.05, 0.1) is 17.6 Å². The molecule has 0 radical (unpaired) electrons. The Balaban J connectivity index is 2.20. The lowest BCUT2D eigenvalue weighted by atomic mass is 10.2. The Morgan fingerprint density at radius 1 is 1.55 bits per heavy atom. The molecule has 1 heterocycles. The van der Waals surface area contributed by atoms with Gasteiger partial charge in [0, 0.05) is 19.2 Å². The number of nitrogens with one attached hydrogen (secondary N) is 1. The quantitative estimate of drug-likeness (QED) is 0.619. The number of nitro groups is 1. The van der Waals surface area contributed by atoms with E-state index in [-0.39, 0.29) is 11.7 Å². The highest BCUT2D eigenvalue weighted by molar-refractivity contribution is 5.77. The molecule has 1 N–H and O–H groups in total. The van der Waals surface area contributed by atoms with E-state index in [0.717, 1.165) is 12.8 Å². The summed E-state index contributed by atoms with van der Waals surface area (Å²) in [5, 5.41) is 13.9. The highest BCUT2D eigenvalue weighted by Crippen LogP contribution is 2.24. The lowest BCUT2D eigenvalue weighted by Gasteiger charge is -2.15. The zero-order valence-corrected chi connectivity index (χ0v) is 11.5. The minimum atomic E-state index is -0.452. The van der Waals surface area contributed by atoms with E-state index in [4.69, 9.17) is 9.15 Å². The predicted octanol–water partition coefficient (Wildman–Crippen LogP) is 2.96. The summed E-state index contributed by atoms with van der Waals surface area (Å²) < 4.78 is 10.7. The molecular formula is C13H17N3O4. The molecule has 20 heavy (non-hydrogen) atoms. The molecule has 7 heteroatoms. The summed E-state index contributed by atoms with van der Waals surface area (Å²) >= 11 is 0. The number of benzene rings is 1.